The Balaban J connectivity index is 1.76. The van der Waals surface area contributed by atoms with E-state index in [2.05, 4.69) is 36.5 Å². The number of benzene rings is 1. The highest BCUT2D eigenvalue weighted by Crippen LogP contribution is 2.16. The molecule has 1 saturated heterocycles. The number of hydrogen-bond donors (Lipinski definition) is 1. The van der Waals surface area contributed by atoms with Gasteiger partial charge in [0.25, 0.3) is 0 Å². The maximum Gasteiger partial charge on any atom is 0.119 e. The summed E-state index contributed by atoms with van der Waals surface area (Å²) >= 11 is 0. The van der Waals surface area contributed by atoms with Gasteiger partial charge in [0.2, 0.25) is 0 Å². The van der Waals surface area contributed by atoms with Gasteiger partial charge in [0, 0.05) is 12.5 Å². The largest absolute Gasteiger partial charge is 0.493 e. The van der Waals surface area contributed by atoms with Gasteiger partial charge in [0.05, 0.1) is 6.61 Å². The number of rotatable bonds is 6. The van der Waals surface area contributed by atoms with Crippen LogP contribution in [0.15, 0.2) is 24.3 Å². The molecule has 0 saturated carbocycles. The number of aryl methyl sites for hydroxylation is 1. The molecule has 17 heavy (non-hydrogen) atoms. The van der Waals surface area contributed by atoms with Crippen LogP contribution >= 0.6 is 0 Å². The zero-order chi connectivity index (χ0) is 11.9. The molecule has 1 aromatic rings. The zero-order valence-corrected chi connectivity index (χ0v) is 10.7. The fourth-order valence-electron chi connectivity index (χ4n) is 2.20. The molecule has 0 aliphatic carbocycles. The molecule has 2 nitrogen and oxygen atoms in total. The second-order valence-electron chi connectivity index (χ2n) is 4.92. The van der Waals surface area contributed by atoms with Gasteiger partial charge in [-0.3, -0.25) is 0 Å². The zero-order valence-electron chi connectivity index (χ0n) is 10.7. The average Bonchev–Trinajstić information content (AvgIpc) is 2.88. The first-order valence-electron chi connectivity index (χ1n) is 6.81. The van der Waals surface area contributed by atoms with Gasteiger partial charge in [-0.2, -0.15) is 0 Å². The Morgan fingerprint density at radius 2 is 2.12 bits per heavy atom. The van der Waals surface area contributed by atoms with E-state index >= 15 is 0 Å². The van der Waals surface area contributed by atoms with Gasteiger partial charge in [-0.15, -0.1) is 0 Å². The maximum absolute atomic E-state index is 5.81. The number of hydrogen-bond acceptors (Lipinski definition) is 2. The molecule has 2 rings (SSSR count). The Kier molecular flexibility index (Phi) is 4.87. The van der Waals surface area contributed by atoms with E-state index in [-0.39, 0.29) is 0 Å². The normalized spacial score (nSPS) is 19.5. The van der Waals surface area contributed by atoms with Gasteiger partial charge in [-0.1, -0.05) is 25.5 Å². The minimum Gasteiger partial charge on any atom is -0.493 e. The lowest BCUT2D eigenvalue weighted by atomic mass is 10.1. The van der Waals surface area contributed by atoms with E-state index in [1.807, 2.05) is 0 Å². The molecule has 1 unspecified atom stereocenters. The van der Waals surface area contributed by atoms with Crippen molar-refractivity contribution in [2.24, 2.45) is 5.92 Å². The first kappa shape index (κ1) is 12.4. The van der Waals surface area contributed by atoms with Gasteiger partial charge >= 0.3 is 0 Å². The van der Waals surface area contributed by atoms with Crippen molar-refractivity contribution in [2.75, 3.05) is 19.7 Å². The summed E-state index contributed by atoms with van der Waals surface area (Å²) in [5.74, 6) is 1.70. The minimum absolute atomic E-state index is 0.690. The van der Waals surface area contributed by atoms with E-state index in [1.54, 1.807) is 0 Å². The van der Waals surface area contributed by atoms with Gasteiger partial charge in [0.15, 0.2) is 0 Å². The Morgan fingerprint density at radius 1 is 1.29 bits per heavy atom. The van der Waals surface area contributed by atoms with Crippen molar-refractivity contribution in [3.05, 3.63) is 29.8 Å². The predicted molar refractivity (Wildman–Crippen MR) is 71.5 cm³/mol. The molecule has 0 radical (unpaired) electrons. The van der Waals surface area contributed by atoms with Crippen molar-refractivity contribution in [2.45, 2.75) is 32.6 Å². The van der Waals surface area contributed by atoms with Crippen LogP contribution in [0.25, 0.3) is 0 Å². The van der Waals surface area contributed by atoms with E-state index in [0.717, 1.165) is 25.4 Å². The highest BCUT2D eigenvalue weighted by molar-refractivity contribution is 5.27. The Morgan fingerprint density at radius 3 is 2.76 bits per heavy atom. The summed E-state index contributed by atoms with van der Waals surface area (Å²) in [6.45, 7) is 5.33. The van der Waals surface area contributed by atoms with Crippen LogP contribution in [0.1, 0.15) is 31.7 Å². The molecule has 1 heterocycles. The van der Waals surface area contributed by atoms with Crippen LogP contribution in [0.4, 0.5) is 0 Å². The second kappa shape index (κ2) is 6.65. The lowest BCUT2D eigenvalue weighted by Crippen LogP contribution is -2.15. The molecule has 1 aromatic carbocycles. The van der Waals surface area contributed by atoms with Crippen LogP contribution in [-0.2, 0) is 6.42 Å². The van der Waals surface area contributed by atoms with Gasteiger partial charge in [0.1, 0.15) is 5.75 Å². The number of nitrogens with one attached hydrogen (secondary N) is 1. The van der Waals surface area contributed by atoms with Crippen molar-refractivity contribution in [3.63, 3.8) is 0 Å². The van der Waals surface area contributed by atoms with Crippen molar-refractivity contribution < 1.29 is 4.74 Å². The van der Waals surface area contributed by atoms with Crippen molar-refractivity contribution in [3.8, 4) is 5.75 Å². The molecular formula is C15H23NO. The Bertz CT molecular complexity index is 314. The third kappa shape index (κ3) is 4.04. The first-order chi connectivity index (χ1) is 8.38. The van der Waals surface area contributed by atoms with Crippen LogP contribution < -0.4 is 10.1 Å². The highest BCUT2D eigenvalue weighted by Gasteiger charge is 2.14. The molecule has 2 heteroatoms. The summed E-state index contributed by atoms with van der Waals surface area (Å²) in [6.07, 6.45) is 4.96. The summed E-state index contributed by atoms with van der Waals surface area (Å²) in [6, 6.07) is 8.59. The fourth-order valence-corrected chi connectivity index (χ4v) is 2.20. The van der Waals surface area contributed by atoms with Crippen molar-refractivity contribution >= 4 is 0 Å². The smallest absolute Gasteiger partial charge is 0.119 e. The molecule has 0 spiro atoms. The third-order valence-corrected chi connectivity index (χ3v) is 3.39. The summed E-state index contributed by atoms with van der Waals surface area (Å²) in [5, 5.41) is 3.36. The average molecular weight is 233 g/mol. The Hall–Kier alpha value is -1.02. The molecule has 0 bridgehead atoms. The van der Waals surface area contributed by atoms with E-state index in [0.29, 0.717) is 5.92 Å². The highest BCUT2D eigenvalue weighted by atomic mass is 16.5. The van der Waals surface area contributed by atoms with Crippen molar-refractivity contribution in [1.29, 1.82) is 0 Å². The van der Waals surface area contributed by atoms with Crippen LogP contribution in [0, 0.1) is 5.92 Å². The summed E-state index contributed by atoms with van der Waals surface area (Å²) in [7, 11) is 0. The van der Waals surface area contributed by atoms with Crippen LogP contribution in [0.5, 0.6) is 5.75 Å². The SMILES string of the molecule is CCCCc1ccc(OCC2CCNC2)cc1. The predicted octanol–water partition coefficient (Wildman–Crippen LogP) is 3.02. The molecule has 1 N–H and O–H groups in total. The summed E-state index contributed by atoms with van der Waals surface area (Å²) in [5.41, 5.74) is 1.42. The quantitative estimate of drug-likeness (QED) is 0.815. The molecular weight excluding hydrogens is 210 g/mol. The lowest BCUT2D eigenvalue weighted by molar-refractivity contribution is 0.260. The lowest BCUT2D eigenvalue weighted by Gasteiger charge is -2.11. The Labute approximate surface area is 104 Å². The molecule has 1 fully saturated rings. The monoisotopic (exact) mass is 233 g/mol. The molecule has 1 atom stereocenters. The van der Waals surface area contributed by atoms with Crippen LogP contribution in [0.3, 0.4) is 0 Å². The fraction of sp³-hybridized carbons (Fsp3) is 0.600. The number of ether oxygens (including phenoxy) is 1. The number of unbranched alkanes of at least 4 members (excludes halogenated alkanes) is 1. The minimum atomic E-state index is 0.690. The molecule has 1 aliphatic heterocycles. The summed E-state index contributed by atoms with van der Waals surface area (Å²) < 4.78 is 5.81. The van der Waals surface area contributed by atoms with E-state index in [9.17, 15) is 0 Å². The molecule has 0 aromatic heterocycles. The summed E-state index contributed by atoms with van der Waals surface area (Å²) in [4.78, 5) is 0. The van der Waals surface area contributed by atoms with E-state index < -0.39 is 0 Å². The second-order valence-corrected chi connectivity index (χ2v) is 4.92. The van der Waals surface area contributed by atoms with Crippen LogP contribution in [-0.4, -0.2) is 19.7 Å². The van der Waals surface area contributed by atoms with E-state index in [1.165, 1.54) is 31.2 Å². The first-order valence-corrected chi connectivity index (χ1v) is 6.81. The molecule has 94 valence electrons. The molecule has 1 aliphatic rings. The topological polar surface area (TPSA) is 21.3 Å². The van der Waals surface area contributed by atoms with Crippen molar-refractivity contribution in [1.82, 2.24) is 5.32 Å². The van der Waals surface area contributed by atoms with Gasteiger partial charge in [-0.25, -0.2) is 0 Å². The van der Waals surface area contributed by atoms with Gasteiger partial charge in [-0.05, 0) is 43.5 Å². The van der Waals surface area contributed by atoms with Gasteiger partial charge < -0.3 is 10.1 Å². The third-order valence-electron chi connectivity index (χ3n) is 3.39. The molecule has 0 amide bonds. The van der Waals surface area contributed by atoms with Crippen LogP contribution in [0.2, 0.25) is 0 Å². The van der Waals surface area contributed by atoms with E-state index in [4.69, 9.17) is 4.74 Å². The standard InChI is InChI=1S/C15H23NO/c1-2-3-4-13-5-7-15(8-6-13)17-12-14-9-10-16-11-14/h5-8,14,16H,2-4,9-12H2,1H3. The maximum atomic E-state index is 5.81.